The van der Waals surface area contributed by atoms with Gasteiger partial charge < -0.3 is 5.32 Å². The van der Waals surface area contributed by atoms with Crippen molar-refractivity contribution in [3.05, 3.63) is 64.7 Å². The van der Waals surface area contributed by atoms with Crippen molar-refractivity contribution < 1.29 is 8.78 Å². The van der Waals surface area contributed by atoms with Gasteiger partial charge >= 0.3 is 0 Å². The lowest BCUT2D eigenvalue weighted by Gasteiger charge is -2.08. The van der Waals surface area contributed by atoms with E-state index in [1.165, 1.54) is 30.3 Å². The maximum Gasteiger partial charge on any atom is 0.146 e. The molecule has 1 nitrogen and oxygen atoms in total. The van der Waals surface area contributed by atoms with E-state index in [1.54, 1.807) is 12.1 Å². The van der Waals surface area contributed by atoms with Crippen molar-refractivity contribution >= 4 is 17.3 Å². The topological polar surface area (TPSA) is 12.0 Å². The van der Waals surface area contributed by atoms with Gasteiger partial charge in [-0.05, 0) is 35.9 Å². The van der Waals surface area contributed by atoms with Gasteiger partial charge in [0.15, 0.2) is 0 Å². The first-order valence-electron chi connectivity index (χ1n) is 5.08. The fourth-order valence-corrected chi connectivity index (χ4v) is 1.65. The Bertz CT molecular complexity index is 529. The molecule has 2 aromatic carbocycles. The molecule has 0 atom stereocenters. The number of benzene rings is 2. The number of halogens is 3. The van der Waals surface area contributed by atoms with E-state index in [-0.39, 0.29) is 11.6 Å². The van der Waals surface area contributed by atoms with E-state index in [2.05, 4.69) is 5.32 Å². The van der Waals surface area contributed by atoms with Gasteiger partial charge in [-0.15, -0.1) is 0 Å². The maximum absolute atomic E-state index is 13.4. The second-order valence-corrected chi connectivity index (χ2v) is 4.04. The van der Waals surface area contributed by atoms with Gasteiger partial charge in [-0.3, -0.25) is 0 Å². The van der Waals surface area contributed by atoms with Crippen LogP contribution in [0.15, 0.2) is 42.5 Å². The van der Waals surface area contributed by atoms with Crippen molar-refractivity contribution in [3.8, 4) is 0 Å². The van der Waals surface area contributed by atoms with Crippen LogP contribution in [0.5, 0.6) is 0 Å². The molecule has 0 aromatic heterocycles. The van der Waals surface area contributed by atoms with Gasteiger partial charge in [0, 0.05) is 11.6 Å². The summed E-state index contributed by atoms with van der Waals surface area (Å²) in [4.78, 5) is 0. The number of rotatable bonds is 3. The Morgan fingerprint density at radius 3 is 2.65 bits per heavy atom. The molecular weight excluding hydrogens is 244 g/mol. The van der Waals surface area contributed by atoms with E-state index >= 15 is 0 Å². The summed E-state index contributed by atoms with van der Waals surface area (Å²) in [5, 5.41) is 3.32. The molecular formula is C13H10ClF2N. The average Bonchev–Trinajstić information content (AvgIpc) is 2.30. The third-order valence-corrected chi connectivity index (χ3v) is 2.54. The summed E-state index contributed by atoms with van der Waals surface area (Å²) < 4.78 is 26.3. The van der Waals surface area contributed by atoms with E-state index in [0.29, 0.717) is 17.3 Å². The molecule has 1 N–H and O–H groups in total. The molecule has 0 amide bonds. The molecule has 0 bridgehead atoms. The van der Waals surface area contributed by atoms with E-state index in [1.807, 2.05) is 0 Å². The highest BCUT2D eigenvalue weighted by Crippen LogP contribution is 2.20. The molecule has 4 heteroatoms. The molecule has 0 unspecified atom stereocenters. The van der Waals surface area contributed by atoms with Crippen molar-refractivity contribution in [2.75, 3.05) is 5.32 Å². The van der Waals surface area contributed by atoms with E-state index < -0.39 is 0 Å². The van der Waals surface area contributed by atoms with Crippen LogP contribution < -0.4 is 5.32 Å². The van der Waals surface area contributed by atoms with Gasteiger partial charge in [-0.1, -0.05) is 23.7 Å². The molecule has 0 aliphatic carbocycles. The number of hydrogen-bond donors (Lipinski definition) is 1. The summed E-state index contributed by atoms with van der Waals surface area (Å²) in [7, 11) is 0. The van der Waals surface area contributed by atoms with Gasteiger partial charge in [-0.25, -0.2) is 8.78 Å². The van der Waals surface area contributed by atoms with Crippen molar-refractivity contribution in [3.63, 3.8) is 0 Å². The smallest absolute Gasteiger partial charge is 0.146 e. The van der Waals surface area contributed by atoms with Crippen molar-refractivity contribution in [1.29, 1.82) is 0 Å². The summed E-state index contributed by atoms with van der Waals surface area (Å²) in [6, 6.07) is 10.4. The number of hydrogen-bond acceptors (Lipinski definition) is 1. The molecule has 0 radical (unpaired) electrons. The second-order valence-electron chi connectivity index (χ2n) is 3.61. The van der Waals surface area contributed by atoms with Crippen LogP contribution >= 0.6 is 11.6 Å². The summed E-state index contributed by atoms with van der Waals surface area (Å²) in [5.74, 6) is -0.693. The molecule has 88 valence electrons. The van der Waals surface area contributed by atoms with Gasteiger partial charge in [0.25, 0.3) is 0 Å². The first-order valence-corrected chi connectivity index (χ1v) is 5.46. The molecule has 0 spiro atoms. The lowest BCUT2D eigenvalue weighted by Crippen LogP contribution is -2.01. The summed E-state index contributed by atoms with van der Waals surface area (Å²) in [5.41, 5.74) is 1.05. The zero-order valence-electron chi connectivity index (χ0n) is 8.88. The van der Waals surface area contributed by atoms with Crippen LogP contribution in [0.25, 0.3) is 0 Å². The van der Waals surface area contributed by atoms with Crippen LogP contribution in [0.1, 0.15) is 5.56 Å². The molecule has 2 aromatic rings. The largest absolute Gasteiger partial charge is 0.379 e. The lowest BCUT2D eigenvalue weighted by molar-refractivity contribution is 0.625. The third kappa shape index (κ3) is 3.17. The predicted molar refractivity (Wildman–Crippen MR) is 65.1 cm³/mol. The monoisotopic (exact) mass is 253 g/mol. The van der Waals surface area contributed by atoms with Crippen LogP contribution in [0.3, 0.4) is 0 Å². The highest BCUT2D eigenvalue weighted by molar-refractivity contribution is 6.30. The van der Waals surface area contributed by atoms with Gasteiger partial charge in [-0.2, -0.15) is 0 Å². The van der Waals surface area contributed by atoms with Crippen LogP contribution in [0.2, 0.25) is 5.02 Å². The predicted octanol–water partition coefficient (Wildman–Crippen LogP) is 4.23. The second kappa shape index (κ2) is 5.15. The Morgan fingerprint density at radius 1 is 1.06 bits per heavy atom. The van der Waals surface area contributed by atoms with Crippen molar-refractivity contribution in [2.24, 2.45) is 0 Å². The van der Waals surface area contributed by atoms with Gasteiger partial charge in [0.2, 0.25) is 0 Å². The minimum Gasteiger partial charge on any atom is -0.379 e. The molecule has 2 rings (SSSR count). The number of anilines is 1. The molecule has 0 fully saturated rings. The lowest BCUT2D eigenvalue weighted by atomic mass is 10.2. The average molecular weight is 254 g/mol. The zero-order valence-corrected chi connectivity index (χ0v) is 9.64. The molecule has 0 saturated heterocycles. The minimum atomic E-state index is -0.384. The Balaban J connectivity index is 2.09. The molecule has 0 aliphatic rings. The standard InChI is InChI=1S/C13H10ClF2N/c14-10-4-5-12(16)13(7-10)17-8-9-2-1-3-11(15)6-9/h1-7,17H,8H2. The van der Waals surface area contributed by atoms with E-state index in [9.17, 15) is 8.78 Å². The van der Waals surface area contributed by atoms with Gasteiger partial charge in [0.05, 0.1) is 5.69 Å². The highest BCUT2D eigenvalue weighted by atomic mass is 35.5. The normalized spacial score (nSPS) is 10.3. The van der Waals surface area contributed by atoms with Crippen LogP contribution in [-0.4, -0.2) is 0 Å². The fraction of sp³-hybridized carbons (Fsp3) is 0.0769. The first kappa shape index (κ1) is 11.9. The molecule has 17 heavy (non-hydrogen) atoms. The van der Waals surface area contributed by atoms with Crippen LogP contribution in [0.4, 0.5) is 14.5 Å². The Hall–Kier alpha value is -1.61. The highest BCUT2D eigenvalue weighted by Gasteiger charge is 2.02. The molecule has 0 heterocycles. The van der Waals surface area contributed by atoms with Crippen LogP contribution in [-0.2, 0) is 6.54 Å². The SMILES string of the molecule is Fc1cccc(CNc2cc(Cl)ccc2F)c1. The Kier molecular flexibility index (Phi) is 3.59. The molecule has 0 aliphatic heterocycles. The van der Waals surface area contributed by atoms with E-state index in [4.69, 9.17) is 11.6 Å². The zero-order chi connectivity index (χ0) is 12.3. The summed E-state index contributed by atoms with van der Waals surface area (Å²) >= 11 is 5.76. The minimum absolute atomic E-state index is 0.307. The van der Waals surface area contributed by atoms with E-state index in [0.717, 1.165) is 5.56 Å². The fourth-order valence-electron chi connectivity index (χ4n) is 1.48. The van der Waals surface area contributed by atoms with Gasteiger partial charge in [0.1, 0.15) is 11.6 Å². The third-order valence-electron chi connectivity index (χ3n) is 2.30. The maximum atomic E-state index is 13.4. The van der Waals surface area contributed by atoms with Crippen LogP contribution in [0, 0.1) is 11.6 Å². The Labute approximate surface area is 103 Å². The summed E-state index contributed by atoms with van der Waals surface area (Å²) in [6.07, 6.45) is 0. The number of nitrogens with one attached hydrogen (secondary N) is 1. The quantitative estimate of drug-likeness (QED) is 0.863. The van der Waals surface area contributed by atoms with Crippen molar-refractivity contribution in [1.82, 2.24) is 0 Å². The summed E-state index contributed by atoms with van der Waals surface area (Å²) in [6.45, 7) is 0.342. The molecule has 0 saturated carbocycles. The Morgan fingerprint density at radius 2 is 1.88 bits per heavy atom. The first-order chi connectivity index (χ1) is 8.15. The van der Waals surface area contributed by atoms with Crippen molar-refractivity contribution in [2.45, 2.75) is 6.54 Å².